The molecule has 4 rings (SSSR count). The summed E-state index contributed by atoms with van der Waals surface area (Å²) in [7, 11) is 0. The lowest BCUT2D eigenvalue weighted by Crippen LogP contribution is -2.46. The standard InChI is InChI=1S/C28H31Cl2N3O2/c1-3-20(2)35-24-11-8-21(9-12-24)28(34)31-23-10-13-27(26(30)18-23)33-16-14-32(15-17-33)19-22-6-4-5-7-25(22)29/h4-13,18,20H,3,14-17,19H2,1-2H3,(H,31,34). The van der Waals surface area contributed by atoms with E-state index in [1.807, 2.05) is 55.5 Å². The lowest BCUT2D eigenvalue weighted by Gasteiger charge is -2.36. The summed E-state index contributed by atoms with van der Waals surface area (Å²) in [6.45, 7) is 8.55. The van der Waals surface area contributed by atoms with Crippen molar-refractivity contribution in [2.24, 2.45) is 0 Å². The summed E-state index contributed by atoms with van der Waals surface area (Å²) in [6.07, 6.45) is 1.07. The lowest BCUT2D eigenvalue weighted by atomic mass is 10.1. The molecule has 0 spiro atoms. The summed E-state index contributed by atoms with van der Waals surface area (Å²) in [5.41, 5.74) is 3.37. The molecule has 0 saturated carbocycles. The fourth-order valence-electron chi connectivity index (χ4n) is 4.06. The van der Waals surface area contributed by atoms with Gasteiger partial charge in [0.1, 0.15) is 5.75 Å². The Morgan fingerprint density at radius 2 is 1.69 bits per heavy atom. The van der Waals surface area contributed by atoms with Crippen LogP contribution in [0.1, 0.15) is 36.2 Å². The maximum Gasteiger partial charge on any atom is 0.255 e. The highest BCUT2D eigenvalue weighted by Gasteiger charge is 2.20. The summed E-state index contributed by atoms with van der Waals surface area (Å²) in [6, 6.07) is 20.9. The number of piperazine rings is 1. The van der Waals surface area contributed by atoms with Gasteiger partial charge in [-0.3, -0.25) is 9.69 Å². The Balaban J connectivity index is 1.32. The van der Waals surface area contributed by atoms with Crippen LogP contribution in [0.3, 0.4) is 0 Å². The molecular formula is C28H31Cl2N3O2. The van der Waals surface area contributed by atoms with E-state index in [1.54, 1.807) is 12.1 Å². The highest BCUT2D eigenvalue weighted by atomic mass is 35.5. The van der Waals surface area contributed by atoms with E-state index in [0.717, 1.165) is 61.2 Å². The maximum atomic E-state index is 12.7. The van der Waals surface area contributed by atoms with Crippen LogP contribution < -0.4 is 15.0 Å². The SMILES string of the molecule is CCC(C)Oc1ccc(C(=O)Nc2ccc(N3CCN(Cc4ccccc4Cl)CC3)c(Cl)c2)cc1. The van der Waals surface area contributed by atoms with Crippen LogP contribution in [0.15, 0.2) is 66.7 Å². The van der Waals surface area contributed by atoms with Crippen molar-refractivity contribution in [3.63, 3.8) is 0 Å². The largest absolute Gasteiger partial charge is 0.491 e. The molecule has 1 N–H and O–H groups in total. The molecular weight excluding hydrogens is 481 g/mol. The molecule has 1 amide bonds. The van der Waals surface area contributed by atoms with Crippen LogP contribution >= 0.6 is 23.2 Å². The molecule has 1 unspecified atom stereocenters. The second kappa shape index (κ2) is 11.8. The number of nitrogens with one attached hydrogen (secondary N) is 1. The van der Waals surface area contributed by atoms with E-state index in [1.165, 1.54) is 0 Å². The third-order valence-electron chi connectivity index (χ3n) is 6.30. The minimum absolute atomic E-state index is 0.140. The van der Waals surface area contributed by atoms with Crippen molar-refractivity contribution in [1.29, 1.82) is 0 Å². The Bertz CT molecular complexity index is 1150. The number of halogens is 2. The molecule has 7 heteroatoms. The zero-order valence-electron chi connectivity index (χ0n) is 20.1. The Morgan fingerprint density at radius 1 is 0.971 bits per heavy atom. The van der Waals surface area contributed by atoms with Crippen molar-refractivity contribution in [3.8, 4) is 5.75 Å². The van der Waals surface area contributed by atoms with Crippen molar-refractivity contribution in [1.82, 2.24) is 4.90 Å². The highest BCUT2D eigenvalue weighted by molar-refractivity contribution is 6.33. The molecule has 1 fully saturated rings. The molecule has 3 aromatic carbocycles. The van der Waals surface area contributed by atoms with Gasteiger partial charge in [-0.15, -0.1) is 0 Å². The van der Waals surface area contributed by atoms with Crippen LogP contribution in [0, 0.1) is 0 Å². The molecule has 1 atom stereocenters. The number of hydrogen-bond acceptors (Lipinski definition) is 4. The van der Waals surface area contributed by atoms with Gasteiger partial charge in [-0.1, -0.05) is 48.3 Å². The molecule has 3 aromatic rings. The molecule has 1 heterocycles. The lowest BCUT2D eigenvalue weighted by molar-refractivity contribution is 0.102. The minimum Gasteiger partial charge on any atom is -0.491 e. The summed E-state index contributed by atoms with van der Waals surface area (Å²) >= 11 is 12.9. The topological polar surface area (TPSA) is 44.8 Å². The van der Waals surface area contributed by atoms with Crippen LogP contribution in [-0.2, 0) is 6.54 Å². The van der Waals surface area contributed by atoms with Gasteiger partial charge in [-0.25, -0.2) is 0 Å². The molecule has 0 aromatic heterocycles. The molecule has 0 aliphatic carbocycles. The van der Waals surface area contributed by atoms with Gasteiger partial charge in [0.2, 0.25) is 0 Å². The summed E-state index contributed by atoms with van der Waals surface area (Å²) in [5.74, 6) is 0.576. The second-order valence-corrected chi connectivity index (χ2v) is 9.65. The zero-order valence-corrected chi connectivity index (χ0v) is 21.6. The first-order valence-electron chi connectivity index (χ1n) is 12.0. The molecule has 184 valence electrons. The first-order valence-corrected chi connectivity index (χ1v) is 12.8. The average Bonchev–Trinajstić information content (AvgIpc) is 2.86. The van der Waals surface area contributed by atoms with E-state index in [0.29, 0.717) is 16.3 Å². The van der Waals surface area contributed by atoms with Crippen LogP contribution in [0.2, 0.25) is 10.0 Å². The maximum absolute atomic E-state index is 12.7. The number of nitrogens with zero attached hydrogens (tertiary/aromatic N) is 2. The minimum atomic E-state index is -0.183. The number of carbonyl (C=O) groups is 1. The van der Waals surface area contributed by atoms with Gasteiger partial charge in [0.15, 0.2) is 0 Å². The van der Waals surface area contributed by atoms with E-state index in [4.69, 9.17) is 27.9 Å². The first-order chi connectivity index (χ1) is 16.9. The predicted octanol–water partition coefficient (Wildman–Crippen LogP) is 6.75. The smallest absolute Gasteiger partial charge is 0.255 e. The molecule has 1 saturated heterocycles. The Hall–Kier alpha value is -2.73. The summed E-state index contributed by atoms with van der Waals surface area (Å²) in [5, 5.41) is 4.37. The summed E-state index contributed by atoms with van der Waals surface area (Å²) < 4.78 is 5.78. The number of rotatable bonds is 8. The number of ether oxygens (including phenoxy) is 1. The van der Waals surface area contributed by atoms with E-state index < -0.39 is 0 Å². The van der Waals surface area contributed by atoms with Crippen LogP contribution in [0.4, 0.5) is 11.4 Å². The Kier molecular flexibility index (Phi) is 8.55. The number of benzene rings is 3. The van der Waals surface area contributed by atoms with E-state index in [9.17, 15) is 4.79 Å². The van der Waals surface area contributed by atoms with Crippen LogP contribution in [-0.4, -0.2) is 43.1 Å². The molecule has 1 aliphatic heterocycles. The zero-order chi connectivity index (χ0) is 24.8. The number of amides is 1. The van der Waals surface area contributed by atoms with E-state index in [2.05, 4.69) is 28.1 Å². The molecule has 0 radical (unpaired) electrons. The average molecular weight is 512 g/mol. The third-order valence-corrected chi connectivity index (χ3v) is 6.97. The van der Waals surface area contributed by atoms with Gasteiger partial charge in [0, 0.05) is 49.0 Å². The fraction of sp³-hybridized carbons (Fsp3) is 0.321. The molecule has 5 nitrogen and oxygen atoms in total. The van der Waals surface area contributed by atoms with Gasteiger partial charge >= 0.3 is 0 Å². The monoisotopic (exact) mass is 511 g/mol. The van der Waals surface area contributed by atoms with Crippen molar-refractivity contribution in [2.75, 3.05) is 36.4 Å². The van der Waals surface area contributed by atoms with Gasteiger partial charge in [-0.2, -0.15) is 0 Å². The van der Waals surface area contributed by atoms with Gasteiger partial charge in [-0.05, 0) is 67.4 Å². The number of hydrogen-bond donors (Lipinski definition) is 1. The van der Waals surface area contributed by atoms with Crippen LogP contribution in [0.5, 0.6) is 5.75 Å². The number of anilines is 2. The Labute approximate surface area is 217 Å². The Morgan fingerprint density at radius 3 is 2.34 bits per heavy atom. The summed E-state index contributed by atoms with van der Waals surface area (Å²) in [4.78, 5) is 17.4. The normalized spacial score (nSPS) is 15.0. The fourth-order valence-corrected chi connectivity index (χ4v) is 4.55. The van der Waals surface area contributed by atoms with Gasteiger partial charge in [0.25, 0.3) is 5.91 Å². The van der Waals surface area contributed by atoms with Gasteiger partial charge in [0.05, 0.1) is 16.8 Å². The van der Waals surface area contributed by atoms with E-state index >= 15 is 0 Å². The molecule has 35 heavy (non-hydrogen) atoms. The van der Waals surface area contributed by atoms with Gasteiger partial charge < -0.3 is 15.0 Å². The van der Waals surface area contributed by atoms with Crippen molar-refractivity contribution in [3.05, 3.63) is 87.9 Å². The highest BCUT2D eigenvalue weighted by Crippen LogP contribution is 2.30. The third kappa shape index (κ3) is 6.69. The van der Waals surface area contributed by atoms with E-state index in [-0.39, 0.29) is 12.0 Å². The quantitative estimate of drug-likeness (QED) is 0.363. The first kappa shape index (κ1) is 25.4. The second-order valence-electron chi connectivity index (χ2n) is 8.84. The van der Waals surface area contributed by atoms with Crippen molar-refractivity contribution in [2.45, 2.75) is 32.9 Å². The molecule has 0 bridgehead atoms. The van der Waals surface area contributed by atoms with Crippen LogP contribution in [0.25, 0.3) is 0 Å². The molecule has 1 aliphatic rings. The van der Waals surface area contributed by atoms with Crippen molar-refractivity contribution >= 4 is 40.5 Å². The van der Waals surface area contributed by atoms with Crippen molar-refractivity contribution < 1.29 is 9.53 Å². The number of carbonyl (C=O) groups excluding carboxylic acids is 1. The predicted molar refractivity (Wildman–Crippen MR) is 145 cm³/mol.